The third kappa shape index (κ3) is 3.25. The van der Waals surface area contributed by atoms with Gasteiger partial charge in [-0.15, -0.1) is 0 Å². The van der Waals surface area contributed by atoms with Crippen LogP contribution in [-0.4, -0.2) is 34.2 Å². The van der Waals surface area contributed by atoms with Gasteiger partial charge in [-0.1, -0.05) is 12.2 Å². The molecule has 3 N–H and O–H groups in total. The second-order valence-corrected chi connectivity index (χ2v) is 5.03. The fraction of sp³-hybridized carbons (Fsp3) is 0.462. The molecule has 0 bridgehead atoms. The number of nitrogens with two attached hydrogens (primary N) is 1. The average Bonchev–Trinajstić information content (AvgIpc) is 3.12. The Morgan fingerprint density at radius 2 is 2.22 bits per heavy atom. The standard InChI is InChI=1S/C13H17FN2OS/c14-10-1-4-12(13(15)18)9(7-10)8-16(5-6-17)11-2-3-11/h1,4,7,11,17H,2-3,5-6,8H2,(H2,15,18). The lowest BCUT2D eigenvalue weighted by atomic mass is 10.1. The Morgan fingerprint density at radius 1 is 1.50 bits per heavy atom. The number of halogens is 1. The van der Waals surface area contributed by atoms with E-state index in [1.54, 1.807) is 6.07 Å². The summed E-state index contributed by atoms with van der Waals surface area (Å²) >= 11 is 4.98. The van der Waals surface area contributed by atoms with E-state index in [4.69, 9.17) is 23.1 Å². The van der Waals surface area contributed by atoms with E-state index in [0.29, 0.717) is 19.1 Å². The number of benzene rings is 1. The summed E-state index contributed by atoms with van der Waals surface area (Å²) in [4.78, 5) is 2.43. The maximum absolute atomic E-state index is 13.3. The van der Waals surface area contributed by atoms with Crippen LogP contribution in [-0.2, 0) is 6.54 Å². The molecule has 1 fully saturated rings. The topological polar surface area (TPSA) is 49.5 Å². The van der Waals surface area contributed by atoms with Crippen LogP contribution in [0.3, 0.4) is 0 Å². The molecule has 1 aromatic rings. The van der Waals surface area contributed by atoms with Crippen molar-refractivity contribution in [3.05, 3.63) is 35.1 Å². The first-order valence-electron chi connectivity index (χ1n) is 6.05. The molecule has 0 spiro atoms. The Labute approximate surface area is 111 Å². The van der Waals surface area contributed by atoms with Gasteiger partial charge in [0.05, 0.1) is 6.61 Å². The SMILES string of the molecule is NC(=S)c1ccc(F)cc1CN(CCO)C1CC1. The Balaban J connectivity index is 2.20. The molecule has 0 heterocycles. The molecule has 0 radical (unpaired) electrons. The van der Waals surface area contributed by atoms with Gasteiger partial charge in [-0.25, -0.2) is 4.39 Å². The van der Waals surface area contributed by atoms with E-state index < -0.39 is 0 Å². The molecule has 0 amide bonds. The average molecular weight is 268 g/mol. The lowest BCUT2D eigenvalue weighted by Crippen LogP contribution is -2.29. The molecule has 0 aliphatic heterocycles. The van der Waals surface area contributed by atoms with Gasteiger partial charge in [0.25, 0.3) is 0 Å². The van der Waals surface area contributed by atoms with Crippen molar-refractivity contribution in [1.29, 1.82) is 0 Å². The molecule has 0 aromatic heterocycles. The van der Waals surface area contributed by atoms with Crippen molar-refractivity contribution in [3.63, 3.8) is 0 Å². The molecular formula is C13H17FN2OS. The zero-order valence-corrected chi connectivity index (χ0v) is 10.9. The van der Waals surface area contributed by atoms with Gasteiger partial charge in [0.15, 0.2) is 0 Å². The smallest absolute Gasteiger partial charge is 0.123 e. The molecule has 0 saturated heterocycles. The molecule has 5 heteroatoms. The van der Waals surface area contributed by atoms with Crippen LogP contribution < -0.4 is 5.73 Å². The summed E-state index contributed by atoms with van der Waals surface area (Å²) in [6, 6.07) is 4.96. The van der Waals surface area contributed by atoms with Gasteiger partial charge in [-0.2, -0.15) is 0 Å². The molecule has 1 aliphatic rings. The molecule has 98 valence electrons. The van der Waals surface area contributed by atoms with Crippen molar-refractivity contribution in [2.75, 3.05) is 13.2 Å². The van der Waals surface area contributed by atoms with E-state index >= 15 is 0 Å². The summed E-state index contributed by atoms with van der Waals surface area (Å²) in [5.74, 6) is -0.287. The molecule has 0 atom stereocenters. The largest absolute Gasteiger partial charge is 0.395 e. The number of rotatable bonds is 6. The molecule has 1 saturated carbocycles. The predicted molar refractivity (Wildman–Crippen MR) is 72.8 cm³/mol. The Hall–Kier alpha value is -1.04. The zero-order valence-electron chi connectivity index (χ0n) is 10.1. The van der Waals surface area contributed by atoms with Crippen molar-refractivity contribution in [2.24, 2.45) is 5.73 Å². The predicted octanol–water partition coefficient (Wildman–Crippen LogP) is 1.42. The number of aliphatic hydroxyl groups is 1. The lowest BCUT2D eigenvalue weighted by Gasteiger charge is -2.22. The second-order valence-electron chi connectivity index (χ2n) is 4.59. The highest BCUT2D eigenvalue weighted by atomic mass is 32.1. The maximum atomic E-state index is 13.3. The van der Waals surface area contributed by atoms with Gasteiger partial charge in [0, 0.05) is 24.7 Å². The van der Waals surface area contributed by atoms with E-state index in [1.807, 2.05) is 0 Å². The van der Waals surface area contributed by atoms with Crippen LogP contribution in [0.4, 0.5) is 4.39 Å². The summed E-state index contributed by atoms with van der Waals surface area (Å²) in [5.41, 5.74) is 7.16. The van der Waals surface area contributed by atoms with E-state index in [0.717, 1.165) is 24.0 Å². The summed E-state index contributed by atoms with van der Waals surface area (Å²) in [5, 5.41) is 9.06. The van der Waals surface area contributed by atoms with Crippen LogP contribution in [0.25, 0.3) is 0 Å². The fourth-order valence-corrected chi connectivity index (χ4v) is 2.31. The first kappa shape index (κ1) is 13.4. The number of hydrogen-bond donors (Lipinski definition) is 2. The Morgan fingerprint density at radius 3 is 2.78 bits per heavy atom. The minimum atomic E-state index is -0.287. The highest BCUT2D eigenvalue weighted by Gasteiger charge is 2.29. The van der Waals surface area contributed by atoms with Crippen molar-refractivity contribution in [2.45, 2.75) is 25.4 Å². The summed E-state index contributed by atoms with van der Waals surface area (Å²) in [7, 11) is 0. The molecule has 3 nitrogen and oxygen atoms in total. The number of hydrogen-bond acceptors (Lipinski definition) is 3. The lowest BCUT2D eigenvalue weighted by molar-refractivity contribution is 0.183. The van der Waals surface area contributed by atoms with E-state index in [9.17, 15) is 4.39 Å². The van der Waals surface area contributed by atoms with Crippen LogP contribution in [0.5, 0.6) is 0 Å². The van der Waals surface area contributed by atoms with Crippen molar-refractivity contribution < 1.29 is 9.50 Å². The summed E-state index contributed by atoms with van der Waals surface area (Å²) in [6.45, 7) is 1.28. The number of aliphatic hydroxyl groups excluding tert-OH is 1. The molecule has 18 heavy (non-hydrogen) atoms. The van der Waals surface area contributed by atoms with Crippen LogP contribution in [0.1, 0.15) is 24.0 Å². The van der Waals surface area contributed by atoms with E-state index in [2.05, 4.69) is 4.90 Å². The number of nitrogens with zero attached hydrogens (tertiary/aromatic N) is 1. The minimum Gasteiger partial charge on any atom is -0.395 e. The quantitative estimate of drug-likeness (QED) is 0.766. The first-order valence-corrected chi connectivity index (χ1v) is 6.45. The van der Waals surface area contributed by atoms with Crippen molar-refractivity contribution in [1.82, 2.24) is 4.90 Å². The minimum absolute atomic E-state index is 0.105. The molecule has 2 rings (SSSR count). The van der Waals surface area contributed by atoms with Gasteiger partial charge in [0.1, 0.15) is 10.8 Å². The van der Waals surface area contributed by atoms with Crippen LogP contribution in [0.2, 0.25) is 0 Å². The first-order chi connectivity index (χ1) is 8.61. The van der Waals surface area contributed by atoms with Gasteiger partial charge < -0.3 is 10.8 Å². The molecule has 1 aliphatic carbocycles. The molecule has 1 aromatic carbocycles. The Kier molecular flexibility index (Phi) is 4.27. The van der Waals surface area contributed by atoms with Gasteiger partial charge in [-0.3, -0.25) is 4.90 Å². The second kappa shape index (κ2) is 5.73. The number of thiocarbonyl (C=S) groups is 1. The third-order valence-corrected chi connectivity index (χ3v) is 3.38. The highest BCUT2D eigenvalue weighted by Crippen LogP contribution is 2.28. The van der Waals surface area contributed by atoms with Crippen LogP contribution in [0, 0.1) is 5.82 Å². The van der Waals surface area contributed by atoms with Crippen LogP contribution >= 0.6 is 12.2 Å². The summed E-state index contributed by atoms with van der Waals surface area (Å²) < 4.78 is 13.3. The fourth-order valence-electron chi connectivity index (χ4n) is 2.11. The maximum Gasteiger partial charge on any atom is 0.123 e. The van der Waals surface area contributed by atoms with Gasteiger partial charge in [0.2, 0.25) is 0 Å². The Bertz CT molecular complexity index is 449. The normalized spacial score (nSPS) is 15.1. The van der Waals surface area contributed by atoms with E-state index in [1.165, 1.54) is 12.1 Å². The van der Waals surface area contributed by atoms with Crippen molar-refractivity contribution in [3.8, 4) is 0 Å². The van der Waals surface area contributed by atoms with Gasteiger partial charge in [-0.05, 0) is 36.6 Å². The molecular weight excluding hydrogens is 251 g/mol. The van der Waals surface area contributed by atoms with Gasteiger partial charge >= 0.3 is 0 Å². The third-order valence-electron chi connectivity index (χ3n) is 3.16. The monoisotopic (exact) mass is 268 g/mol. The highest BCUT2D eigenvalue weighted by molar-refractivity contribution is 7.80. The van der Waals surface area contributed by atoms with E-state index in [-0.39, 0.29) is 17.4 Å². The summed E-state index contributed by atoms with van der Waals surface area (Å²) in [6.07, 6.45) is 2.27. The zero-order chi connectivity index (χ0) is 13.1. The van der Waals surface area contributed by atoms with Crippen molar-refractivity contribution >= 4 is 17.2 Å². The molecule has 0 unspecified atom stereocenters. The van der Waals surface area contributed by atoms with Crippen LogP contribution in [0.15, 0.2) is 18.2 Å².